The van der Waals surface area contributed by atoms with Crippen molar-refractivity contribution in [2.24, 2.45) is 0 Å². The zero-order valence-electron chi connectivity index (χ0n) is 12.8. The highest BCUT2D eigenvalue weighted by Crippen LogP contribution is 2.27. The molecule has 1 aliphatic heterocycles. The normalized spacial score (nSPS) is 16.3. The van der Waals surface area contributed by atoms with Gasteiger partial charge in [-0.2, -0.15) is 0 Å². The van der Waals surface area contributed by atoms with Gasteiger partial charge in [0.25, 0.3) is 0 Å². The van der Waals surface area contributed by atoms with E-state index < -0.39 is 0 Å². The summed E-state index contributed by atoms with van der Waals surface area (Å²) in [5, 5.41) is 3.48. The number of ether oxygens (including phenoxy) is 1. The maximum absolute atomic E-state index is 6.08. The third-order valence-corrected chi connectivity index (χ3v) is 3.93. The Morgan fingerprint density at radius 2 is 1.95 bits per heavy atom. The quantitative estimate of drug-likeness (QED) is 0.908. The van der Waals surface area contributed by atoms with E-state index >= 15 is 0 Å². The fourth-order valence-electron chi connectivity index (χ4n) is 2.60. The number of aromatic nitrogens is 1. The highest BCUT2D eigenvalue weighted by Gasteiger charge is 2.15. The molecular formula is C17H22N4O. The topological polar surface area (TPSA) is 63.4 Å². The number of morpholine rings is 1. The van der Waals surface area contributed by atoms with Gasteiger partial charge >= 0.3 is 0 Å². The van der Waals surface area contributed by atoms with Crippen LogP contribution in [0.15, 0.2) is 42.6 Å². The maximum atomic E-state index is 6.08. The van der Waals surface area contributed by atoms with Crippen molar-refractivity contribution in [2.45, 2.75) is 13.0 Å². The van der Waals surface area contributed by atoms with E-state index in [9.17, 15) is 0 Å². The van der Waals surface area contributed by atoms with E-state index in [0.717, 1.165) is 37.8 Å². The number of pyridine rings is 1. The van der Waals surface area contributed by atoms with E-state index in [0.29, 0.717) is 5.69 Å². The first kappa shape index (κ1) is 14.7. The Bertz CT molecular complexity index is 611. The molecule has 2 aromatic rings. The van der Waals surface area contributed by atoms with Crippen molar-refractivity contribution in [3.8, 4) is 0 Å². The van der Waals surface area contributed by atoms with E-state index in [1.807, 2.05) is 24.3 Å². The molecule has 22 heavy (non-hydrogen) atoms. The third kappa shape index (κ3) is 3.31. The number of rotatable bonds is 4. The van der Waals surface area contributed by atoms with Crippen molar-refractivity contribution in [3.05, 3.63) is 48.2 Å². The summed E-state index contributed by atoms with van der Waals surface area (Å²) in [6, 6.07) is 12.5. The zero-order chi connectivity index (χ0) is 15.4. The molecule has 2 heterocycles. The smallest absolute Gasteiger partial charge is 0.130 e. The second kappa shape index (κ2) is 6.66. The first-order valence-electron chi connectivity index (χ1n) is 7.64. The number of nitrogens with two attached hydrogens (primary N) is 1. The van der Waals surface area contributed by atoms with Crippen molar-refractivity contribution < 1.29 is 4.74 Å². The van der Waals surface area contributed by atoms with Crippen molar-refractivity contribution in [2.75, 3.05) is 42.3 Å². The van der Waals surface area contributed by atoms with Crippen LogP contribution < -0.4 is 16.0 Å². The number of nitrogens with one attached hydrogen (secondary N) is 1. The standard InChI is InChI=1S/C17H22N4O/c1-13(14-5-3-2-4-6-14)20-16-11-17(19-12-15(16)18)21-7-9-22-10-8-21/h2-6,11-13H,7-10,18H2,1H3,(H,19,20)/t13-/m0/s1. The molecule has 0 amide bonds. The lowest BCUT2D eigenvalue weighted by molar-refractivity contribution is 0.122. The fraction of sp³-hybridized carbons (Fsp3) is 0.353. The van der Waals surface area contributed by atoms with Gasteiger partial charge in [-0.3, -0.25) is 0 Å². The lowest BCUT2D eigenvalue weighted by atomic mass is 10.1. The molecule has 3 rings (SSSR count). The van der Waals surface area contributed by atoms with Crippen molar-refractivity contribution in [1.82, 2.24) is 4.98 Å². The van der Waals surface area contributed by atoms with Gasteiger partial charge in [-0.15, -0.1) is 0 Å². The Kier molecular flexibility index (Phi) is 4.44. The van der Waals surface area contributed by atoms with Crippen molar-refractivity contribution in [1.29, 1.82) is 0 Å². The predicted octanol–water partition coefficient (Wildman–Crippen LogP) is 2.67. The number of hydrogen-bond donors (Lipinski definition) is 2. The monoisotopic (exact) mass is 298 g/mol. The minimum atomic E-state index is 0.184. The van der Waals surface area contributed by atoms with E-state index in [1.165, 1.54) is 5.56 Å². The summed E-state index contributed by atoms with van der Waals surface area (Å²) in [7, 11) is 0. The van der Waals surface area contributed by atoms with Crippen LogP contribution in [0.5, 0.6) is 0 Å². The molecule has 5 nitrogen and oxygen atoms in total. The Morgan fingerprint density at radius 1 is 1.23 bits per heavy atom. The Hall–Kier alpha value is -2.27. The van der Waals surface area contributed by atoms with Crippen LogP contribution in [0, 0.1) is 0 Å². The van der Waals surface area contributed by atoms with Crippen LogP contribution in [0.2, 0.25) is 0 Å². The molecule has 0 aliphatic carbocycles. The molecule has 1 fully saturated rings. The number of hydrogen-bond acceptors (Lipinski definition) is 5. The van der Waals surface area contributed by atoms with E-state index in [-0.39, 0.29) is 6.04 Å². The highest BCUT2D eigenvalue weighted by molar-refractivity contribution is 5.69. The summed E-state index contributed by atoms with van der Waals surface area (Å²) in [6.07, 6.45) is 1.73. The molecule has 5 heteroatoms. The zero-order valence-corrected chi connectivity index (χ0v) is 12.8. The molecule has 116 valence electrons. The summed E-state index contributed by atoms with van der Waals surface area (Å²) < 4.78 is 5.39. The van der Waals surface area contributed by atoms with Crippen LogP contribution in [-0.2, 0) is 4.74 Å². The first-order valence-corrected chi connectivity index (χ1v) is 7.64. The largest absolute Gasteiger partial charge is 0.396 e. The summed E-state index contributed by atoms with van der Waals surface area (Å²) in [5.41, 5.74) is 8.90. The molecule has 0 unspecified atom stereocenters. The Labute approximate surface area is 131 Å². The minimum Gasteiger partial charge on any atom is -0.396 e. The third-order valence-electron chi connectivity index (χ3n) is 3.93. The van der Waals surface area contributed by atoms with Crippen LogP contribution in [0.1, 0.15) is 18.5 Å². The number of benzene rings is 1. The van der Waals surface area contributed by atoms with Crippen LogP contribution in [0.25, 0.3) is 0 Å². The van der Waals surface area contributed by atoms with Crippen LogP contribution in [0.3, 0.4) is 0 Å². The van der Waals surface area contributed by atoms with Crippen LogP contribution in [0.4, 0.5) is 17.2 Å². The summed E-state index contributed by atoms with van der Waals surface area (Å²) >= 11 is 0. The molecule has 1 aliphatic rings. The average molecular weight is 298 g/mol. The number of anilines is 3. The second-order valence-electron chi connectivity index (χ2n) is 5.51. The maximum Gasteiger partial charge on any atom is 0.130 e. The predicted molar refractivity (Wildman–Crippen MR) is 90.2 cm³/mol. The molecule has 0 saturated carbocycles. The molecule has 1 aromatic heterocycles. The molecule has 0 radical (unpaired) electrons. The molecule has 1 saturated heterocycles. The molecule has 1 aromatic carbocycles. The van der Waals surface area contributed by atoms with Crippen LogP contribution >= 0.6 is 0 Å². The average Bonchev–Trinajstić information content (AvgIpc) is 2.58. The molecule has 3 N–H and O–H groups in total. The number of nitrogens with zero attached hydrogens (tertiary/aromatic N) is 2. The molecule has 0 bridgehead atoms. The highest BCUT2D eigenvalue weighted by atomic mass is 16.5. The molecular weight excluding hydrogens is 276 g/mol. The van der Waals surface area contributed by atoms with E-state index in [2.05, 4.69) is 34.3 Å². The van der Waals surface area contributed by atoms with Gasteiger partial charge in [0.2, 0.25) is 0 Å². The first-order chi connectivity index (χ1) is 10.7. The van der Waals surface area contributed by atoms with Gasteiger partial charge in [-0.1, -0.05) is 30.3 Å². The van der Waals surface area contributed by atoms with Gasteiger partial charge in [-0.05, 0) is 12.5 Å². The van der Waals surface area contributed by atoms with Crippen molar-refractivity contribution in [3.63, 3.8) is 0 Å². The van der Waals surface area contributed by atoms with Gasteiger partial charge in [0.15, 0.2) is 0 Å². The number of nitrogen functional groups attached to an aromatic ring is 1. The van der Waals surface area contributed by atoms with E-state index in [4.69, 9.17) is 10.5 Å². The summed E-state index contributed by atoms with van der Waals surface area (Å²) in [5.74, 6) is 0.945. The summed E-state index contributed by atoms with van der Waals surface area (Å²) in [6.45, 7) is 5.35. The molecule has 0 spiro atoms. The minimum absolute atomic E-state index is 0.184. The van der Waals surface area contributed by atoms with Gasteiger partial charge < -0.3 is 20.7 Å². The fourth-order valence-corrected chi connectivity index (χ4v) is 2.60. The Balaban J connectivity index is 1.77. The SMILES string of the molecule is C[C@H](Nc1cc(N2CCOCC2)ncc1N)c1ccccc1. The van der Waals surface area contributed by atoms with Gasteiger partial charge in [-0.25, -0.2) is 4.98 Å². The summed E-state index contributed by atoms with van der Waals surface area (Å²) in [4.78, 5) is 6.67. The van der Waals surface area contributed by atoms with Crippen molar-refractivity contribution >= 4 is 17.2 Å². The Morgan fingerprint density at radius 3 is 2.68 bits per heavy atom. The lowest BCUT2D eigenvalue weighted by Crippen LogP contribution is -2.36. The van der Waals surface area contributed by atoms with Gasteiger partial charge in [0.05, 0.1) is 30.8 Å². The molecule has 1 atom stereocenters. The van der Waals surface area contributed by atoms with Gasteiger partial charge in [0.1, 0.15) is 5.82 Å². The van der Waals surface area contributed by atoms with Gasteiger partial charge in [0, 0.05) is 25.2 Å². The second-order valence-corrected chi connectivity index (χ2v) is 5.51. The van der Waals surface area contributed by atoms with E-state index in [1.54, 1.807) is 6.20 Å². The van der Waals surface area contributed by atoms with Crippen LogP contribution in [-0.4, -0.2) is 31.3 Å². The lowest BCUT2D eigenvalue weighted by Gasteiger charge is -2.28.